The van der Waals surface area contributed by atoms with Crippen LogP contribution in [0.4, 0.5) is 0 Å². The molecule has 0 spiro atoms. The third kappa shape index (κ3) is 3.49. The van der Waals surface area contributed by atoms with Gasteiger partial charge in [0.25, 0.3) is 0 Å². The Bertz CT molecular complexity index is 297. The lowest BCUT2D eigenvalue weighted by Crippen LogP contribution is -2.30. The maximum Gasteiger partial charge on any atom is 0.00980 e. The minimum Gasteiger partial charge on any atom is -0.317 e. The molecule has 0 heterocycles. The molecule has 1 N–H and O–H groups in total. The van der Waals surface area contributed by atoms with Crippen molar-refractivity contribution in [3.63, 3.8) is 0 Å². The Morgan fingerprint density at radius 3 is 2.00 bits per heavy atom. The molecule has 21 heavy (non-hydrogen) atoms. The molecule has 0 saturated heterocycles. The largest absolute Gasteiger partial charge is 0.317 e. The van der Waals surface area contributed by atoms with Crippen molar-refractivity contribution in [2.45, 2.75) is 90.0 Å². The summed E-state index contributed by atoms with van der Waals surface area (Å²) in [6.07, 6.45) is 17.8. The molecule has 122 valence electrons. The van der Waals surface area contributed by atoms with E-state index in [4.69, 9.17) is 0 Å². The van der Waals surface area contributed by atoms with E-state index >= 15 is 0 Å². The molecular weight excluding hydrogens is 254 g/mol. The van der Waals surface area contributed by atoms with Gasteiger partial charge in [-0.05, 0) is 62.3 Å². The lowest BCUT2D eigenvalue weighted by atomic mass is 9.94. The number of rotatable bonds is 11. The molecule has 2 bridgehead atoms. The van der Waals surface area contributed by atoms with Gasteiger partial charge in [-0.15, -0.1) is 0 Å². The number of fused-ring (bicyclic) bond motifs is 5. The van der Waals surface area contributed by atoms with Gasteiger partial charge in [-0.3, -0.25) is 0 Å². The highest BCUT2D eigenvalue weighted by molar-refractivity contribution is 5.15. The van der Waals surface area contributed by atoms with Crippen LogP contribution in [0, 0.1) is 29.6 Å². The van der Waals surface area contributed by atoms with Crippen LogP contribution in [0.25, 0.3) is 0 Å². The van der Waals surface area contributed by atoms with Crippen molar-refractivity contribution in [1.82, 2.24) is 5.32 Å². The molecule has 0 aliphatic heterocycles. The first kappa shape index (κ1) is 15.8. The third-order valence-electron chi connectivity index (χ3n) is 7.00. The lowest BCUT2D eigenvalue weighted by molar-refractivity contribution is 0.354. The van der Waals surface area contributed by atoms with Crippen LogP contribution < -0.4 is 5.32 Å². The highest BCUT2D eigenvalue weighted by atomic mass is 14.9. The number of hydrogen-bond acceptors (Lipinski definition) is 1. The van der Waals surface area contributed by atoms with E-state index in [-0.39, 0.29) is 0 Å². The molecule has 0 aromatic carbocycles. The molecule has 3 aliphatic carbocycles. The highest BCUT2D eigenvalue weighted by Crippen LogP contribution is 2.70. The fourth-order valence-electron chi connectivity index (χ4n) is 5.96. The Morgan fingerprint density at radius 2 is 1.43 bits per heavy atom. The van der Waals surface area contributed by atoms with Gasteiger partial charge < -0.3 is 5.32 Å². The summed E-state index contributed by atoms with van der Waals surface area (Å²) >= 11 is 0. The molecule has 5 atom stereocenters. The summed E-state index contributed by atoms with van der Waals surface area (Å²) in [5.74, 6) is 5.65. The first-order valence-electron chi connectivity index (χ1n) is 10.0. The van der Waals surface area contributed by atoms with Crippen molar-refractivity contribution in [2.75, 3.05) is 7.05 Å². The van der Waals surface area contributed by atoms with Crippen LogP contribution in [0.15, 0.2) is 0 Å². The Labute approximate surface area is 132 Å². The Hall–Kier alpha value is -0.0400. The van der Waals surface area contributed by atoms with Gasteiger partial charge in [0, 0.05) is 6.04 Å². The fraction of sp³-hybridized carbons (Fsp3) is 1.00. The molecule has 0 aromatic rings. The SMILES string of the molecule is CCCCCCCCCCC(NC)C1C2C3CCC(C3)C21. The second-order valence-electron chi connectivity index (χ2n) is 8.22. The number of hydrogen-bond donors (Lipinski definition) is 1. The molecule has 3 saturated carbocycles. The first-order chi connectivity index (χ1) is 10.4. The zero-order chi connectivity index (χ0) is 14.7. The van der Waals surface area contributed by atoms with Gasteiger partial charge >= 0.3 is 0 Å². The van der Waals surface area contributed by atoms with E-state index in [2.05, 4.69) is 19.3 Å². The maximum absolute atomic E-state index is 3.68. The second-order valence-corrected chi connectivity index (χ2v) is 8.22. The van der Waals surface area contributed by atoms with E-state index in [1.54, 1.807) is 19.3 Å². The van der Waals surface area contributed by atoms with Crippen molar-refractivity contribution in [2.24, 2.45) is 29.6 Å². The normalized spacial score (nSPS) is 37.7. The van der Waals surface area contributed by atoms with Crippen LogP contribution >= 0.6 is 0 Å². The maximum atomic E-state index is 3.68. The van der Waals surface area contributed by atoms with E-state index in [9.17, 15) is 0 Å². The highest BCUT2D eigenvalue weighted by Gasteiger charge is 2.66. The van der Waals surface area contributed by atoms with Crippen molar-refractivity contribution in [1.29, 1.82) is 0 Å². The van der Waals surface area contributed by atoms with Crippen LogP contribution in [0.1, 0.15) is 84.0 Å². The second kappa shape index (κ2) is 7.49. The molecular formula is C20H37N. The molecule has 1 heteroatoms. The summed E-state index contributed by atoms with van der Waals surface area (Å²) in [6.45, 7) is 2.30. The summed E-state index contributed by atoms with van der Waals surface area (Å²) in [5.41, 5.74) is 0. The standard InChI is InChI=1S/C20H37N/c1-3-4-5-6-7-8-9-10-11-17(21-2)20-18-15-12-13-16(14-15)19(18)20/h15-21H,3-14H2,1-2H3. The molecule has 3 aliphatic rings. The Kier molecular flexibility index (Phi) is 5.65. The summed E-state index contributed by atoms with van der Waals surface area (Å²) in [4.78, 5) is 0. The van der Waals surface area contributed by atoms with Gasteiger partial charge in [0.05, 0.1) is 0 Å². The molecule has 3 fully saturated rings. The van der Waals surface area contributed by atoms with E-state index in [0.717, 1.165) is 35.6 Å². The molecule has 5 unspecified atom stereocenters. The minimum absolute atomic E-state index is 0.850. The van der Waals surface area contributed by atoms with Gasteiger partial charge in [0.2, 0.25) is 0 Å². The van der Waals surface area contributed by atoms with E-state index in [1.807, 2.05) is 0 Å². The average Bonchev–Trinajstić information content (AvgIpc) is 2.92. The Morgan fingerprint density at radius 1 is 0.857 bits per heavy atom. The molecule has 1 nitrogen and oxygen atoms in total. The molecule has 0 radical (unpaired) electrons. The van der Waals surface area contributed by atoms with Gasteiger partial charge in [0.1, 0.15) is 0 Å². The van der Waals surface area contributed by atoms with Crippen LogP contribution in [0.2, 0.25) is 0 Å². The van der Waals surface area contributed by atoms with E-state index in [0.29, 0.717) is 0 Å². The molecule has 0 amide bonds. The summed E-state index contributed by atoms with van der Waals surface area (Å²) < 4.78 is 0. The topological polar surface area (TPSA) is 12.0 Å². The van der Waals surface area contributed by atoms with Crippen molar-refractivity contribution < 1.29 is 0 Å². The smallest absolute Gasteiger partial charge is 0.00980 e. The van der Waals surface area contributed by atoms with Crippen LogP contribution in [-0.2, 0) is 0 Å². The van der Waals surface area contributed by atoms with Crippen LogP contribution in [0.3, 0.4) is 0 Å². The van der Waals surface area contributed by atoms with E-state index < -0.39 is 0 Å². The zero-order valence-electron chi connectivity index (χ0n) is 14.4. The number of nitrogens with one attached hydrogen (secondary N) is 1. The zero-order valence-corrected chi connectivity index (χ0v) is 14.4. The lowest BCUT2D eigenvalue weighted by Gasteiger charge is -2.20. The van der Waals surface area contributed by atoms with Gasteiger partial charge in [-0.1, -0.05) is 58.3 Å². The monoisotopic (exact) mass is 291 g/mol. The van der Waals surface area contributed by atoms with Gasteiger partial charge in [-0.2, -0.15) is 0 Å². The predicted molar refractivity (Wildman–Crippen MR) is 91.4 cm³/mol. The van der Waals surface area contributed by atoms with Crippen LogP contribution in [0.5, 0.6) is 0 Å². The van der Waals surface area contributed by atoms with Gasteiger partial charge in [0.15, 0.2) is 0 Å². The summed E-state index contributed by atoms with van der Waals surface area (Å²) in [7, 11) is 2.21. The summed E-state index contributed by atoms with van der Waals surface area (Å²) in [5, 5.41) is 3.68. The first-order valence-corrected chi connectivity index (χ1v) is 10.0. The van der Waals surface area contributed by atoms with Crippen molar-refractivity contribution >= 4 is 0 Å². The third-order valence-corrected chi connectivity index (χ3v) is 7.00. The minimum atomic E-state index is 0.850. The quantitative estimate of drug-likeness (QED) is 0.503. The average molecular weight is 292 g/mol. The van der Waals surface area contributed by atoms with Crippen molar-refractivity contribution in [3.8, 4) is 0 Å². The number of unbranched alkanes of at least 4 members (excludes halogenated alkanes) is 7. The predicted octanol–water partition coefficient (Wildman–Crippen LogP) is 5.40. The molecule has 0 aromatic heterocycles. The van der Waals surface area contributed by atoms with Crippen molar-refractivity contribution in [3.05, 3.63) is 0 Å². The Balaban J connectivity index is 1.27. The van der Waals surface area contributed by atoms with Crippen LogP contribution in [-0.4, -0.2) is 13.1 Å². The fourth-order valence-corrected chi connectivity index (χ4v) is 5.96. The van der Waals surface area contributed by atoms with Gasteiger partial charge in [-0.25, -0.2) is 0 Å². The summed E-state index contributed by atoms with van der Waals surface area (Å²) in [6, 6.07) is 0.850. The van der Waals surface area contributed by atoms with E-state index in [1.165, 1.54) is 57.8 Å². The molecule has 3 rings (SSSR count).